The number of hydrogen-bond acceptors (Lipinski definition) is 9. The molecule has 2 heterocycles. The zero-order chi connectivity index (χ0) is 27.1. The number of rotatable bonds is 10. The van der Waals surface area contributed by atoms with Gasteiger partial charge in [0.05, 0.1) is 26.4 Å². The molecule has 9 nitrogen and oxygen atoms in total. The molecular formula is C25H45N3O6SSi. The summed E-state index contributed by atoms with van der Waals surface area (Å²) in [4.78, 5) is 33.2. The van der Waals surface area contributed by atoms with Gasteiger partial charge in [-0.1, -0.05) is 20.8 Å². The van der Waals surface area contributed by atoms with Crippen LogP contribution >= 0.6 is 11.3 Å². The Hall–Kier alpha value is -1.53. The second-order valence-electron chi connectivity index (χ2n) is 11.7. The monoisotopic (exact) mass is 543 g/mol. The lowest BCUT2D eigenvalue weighted by Crippen LogP contribution is -2.49. The molecule has 1 aliphatic rings. The molecule has 0 radical (unpaired) electrons. The van der Waals surface area contributed by atoms with Crippen LogP contribution in [0.2, 0.25) is 18.1 Å². The van der Waals surface area contributed by atoms with Crippen LogP contribution in [-0.4, -0.2) is 88.5 Å². The highest BCUT2D eigenvalue weighted by Crippen LogP contribution is 2.38. The lowest BCUT2D eigenvalue weighted by Gasteiger charge is -2.41. The molecule has 36 heavy (non-hydrogen) atoms. The Morgan fingerprint density at radius 3 is 2.39 bits per heavy atom. The average Bonchev–Trinajstić information content (AvgIpc) is 3.24. The third-order valence-electron chi connectivity index (χ3n) is 6.47. The number of morpholine rings is 1. The quantitative estimate of drug-likeness (QED) is 0.295. The summed E-state index contributed by atoms with van der Waals surface area (Å²) < 4.78 is 22.8. The normalized spacial score (nSPS) is 16.5. The summed E-state index contributed by atoms with van der Waals surface area (Å²) >= 11 is 1.22. The minimum atomic E-state index is -1.99. The largest absolute Gasteiger partial charge is 0.464 e. The van der Waals surface area contributed by atoms with Crippen molar-refractivity contribution in [3.63, 3.8) is 0 Å². The predicted octanol–water partition coefficient (Wildman–Crippen LogP) is 5.17. The van der Waals surface area contributed by atoms with E-state index in [2.05, 4.69) is 43.7 Å². The first-order valence-electron chi connectivity index (χ1n) is 12.7. The Kier molecular flexibility index (Phi) is 10.9. The van der Waals surface area contributed by atoms with Crippen LogP contribution in [0.3, 0.4) is 0 Å². The lowest BCUT2D eigenvalue weighted by molar-refractivity contribution is 0.0153. The van der Waals surface area contributed by atoms with Crippen molar-refractivity contribution in [2.75, 3.05) is 51.4 Å². The molecular weight excluding hydrogens is 498 g/mol. The summed E-state index contributed by atoms with van der Waals surface area (Å²) in [6.07, 6.45) is 1.06. The number of aromatic nitrogens is 1. The fourth-order valence-electron chi connectivity index (χ4n) is 3.50. The van der Waals surface area contributed by atoms with Crippen LogP contribution in [0.25, 0.3) is 0 Å². The number of carbonyl (C=O) groups is 2. The fraction of sp³-hybridized carbons (Fsp3) is 0.800. The molecule has 0 spiro atoms. The van der Waals surface area contributed by atoms with Crippen molar-refractivity contribution < 1.29 is 28.2 Å². The molecule has 1 aromatic heterocycles. The lowest BCUT2D eigenvalue weighted by atomic mass is 10.1. The average molecular weight is 544 g/mol. The molecule has 1 unspecified atom stereocenters. The summed E-state index contributed by atoms with van der Waals surface area (Å²) in [6.45, 7) is 21.3. The highest BCUT2D eigenvalue weighted by Gasteiger charge is 2.39. The maximum absolute atomic E-state index is 13.1. The zero-order valence-electron chi connectivity index (χ0n) is 23.5. The van der Waals surface area contributed by atoms with E-state index in [1.54, 1.807) is 5.38 Å². The summed E-state index contributed by atoms with van der Waals surface area (Å²) in [6, 6.07) is 0. The molecule has 0 aromatic carbocycles. The summed E-state index contributed by atoms with van der Waals surface area (Å²) in [5.41, 5.74) is -0.472. The first-order valence-corrected chi connectivity index (χ1v) is 16.4. The molecule has 0 saturated carbocycles. The van der Waals surface area contributed by atoms with Gasteiger partial charge in [0.15, 0.2) is 19.1 Å². The molecule has 1 aliphatic heterocycles. The molecule has 1 aromatic rings. The first-order chi connectivity index (χ1) is 16.6. The second-order valence-corrected chi connectivity index (χ2v) is 17.3. The number of thiazole rings is 1. The SMILES string of the molecule is COC(=O)c1csc(N(CCCC(CN2CCOCC2)O[Si](C)(C)C(C)(C)C)C(=O)OC(C)(C)C)n1. The highest BCUT2D eigenvalue weighted by molar-refractivity contribution is 7.14. The van der Waals surface area contributed by atoms with E-state index in [4.69, 9.17) is 18.6 Å². The number of carbonyl (C=O) groups excluding carboxylic acids is 2. The van der Waals surface area contributed by atoms with Gasteiger partial charge in [0, 0.05) is 31.6 Å². The minimum absolute atomic E-state index is 0.0476. The minimum Gasteiger partial charge on any atom is -0.464 e. The maximum Gasteiger partial charge on any atom is 0.416 e. The van der Waals surface area contributed by atoms with E-state index >= 15 is 0 Å². The first kappa shape index (κ1) is 30.7. The van der Waals surface area contributed by atoms with Crippen LogP contribution in [0, 0.1) is 0 Å². The Balaban J connectivity index is 2.16. The summed E-state index contributed by atoms with van der Waals surface area (Å²) in [7, 11) is -0.676. The highest BCUT2D eigenvalue weighted by atomic mass is 32.1. The van der Waals surface area contributed by atoms with Crippen molar-refractivity contribution in [3.05, 3.63) is 11.1 Å². The van der Waals surface area contributed by atoms with Gasteiger partial charge in [-0.3, -0.25) is 9.80 Å². The van der Waals surface area contributed by atoms with Crippen molar-refractivity contribution in [1.29, 1.82) is 0 Å². The third-order valence-corrected chi connectivity index (χ3v) is 11.9. The topological polar surface area (TPSA) is 90.4 Å². The van der Waals surface area contributed by atoms with E-state index in [9.17, 15) is 9.59 Å². The van der Waals surface area contributed by atoms with Crippen molar-refractivity contribution in [3.8, 4) is 0 Å². The van der Waals surface area contributed by atoms with Gasteiger partial charge < -0.3 is 18.6 Å². The summed E-state index contributed by atoms with van der Waals surface area (Å²) in [5, 5.41) is 2.12. The van der Waals surface area contributed by atoms with E-state index in [1.165, 1.54) is 23.3 Å². The smallest absolute Gasteiger partial charge is 0.416 e. The molecule has 0 N–H and O–H groups in total. The predicted molar refractivity (Wildman–Crippen MR) is 146 cm³/mol. The van der Waals surface area contributed by atoms with Gasteiger partial charge in [-0.15, -0.1) is 11.3 Å². The molecule has 0 aliphatic carbocycles. The van der Waals surface area contributed by atoms with Crippen LogP contribution in [0.15, 0.2) is 5.38 Å². The van der Waals surface area contributed by atoms with Crippen LogP contribution in [0.4, 0.5) is 9.93 Å². The molecule has 1 atom stereocenters. The van der Waals surface area contributed by atoms with E-state index in [0.29, 0.717) is 18.1 Å². The van der Waals surface area contributed by atoms with E-state index in [0.717, 1.165) is 39.3 Å². The Morgan fingerprint density at radius 1 is 1.19 bits per heavy atom. The van der Waals surface area contributed by atoms with Gasteiger partial charge in [-0.05, 0) is 51.7 Å². The molecule has 206 valence electrons. The van der Waals surface area contributed by atoms with Gasteiger partial charge in [0.1, 0.15) is 5.60 Å². The molecule has 1 amide bonds. The van der Waals surface area contributed by atoms with Crippen molar-refractivity contribution in [1.82, 2.24) is 9.88 Å². The van der Waals surface area contributed by atoms with Gasteiger partial charge in [-0.25, -0.2) is 14.6 Å². The van der Waals surface area contributed by atoms with Crippen LogP contribution in [-0.2, 0) is 18.6 Å². The Labute approximate surface area is 221 Å². The standard InChI is InChI=1S/C25H45N3O6SSi/c1-24(2,3)33-23(30)28(22-26-20(18-35-22)21(29)31-7)12-10-11-19(17-27-13-15-32-16-14-27)34-36(8,9)25(4,5)6/h18-19H,10-17H2,1-9H3. The number of esters is 1. The summed E-state index contributed by atoms with van der Waals surface area (Å²) in [5.74, 6) is -0.532. The maximum atomic E-state index is 13.1. The van der Waals surface area contributed by atoms with Crippen molar-refractivity contribution >= 4 is 36.8 Å². The fourth-order valence-corrected chi connectivity index (χ4v) is 5.69. The number of anilines is 1. The van der Waals surface area contributed by atoms with E-state index < -0.39 is 26.0 Å². The van der Waals surface area contributed by atoms with Gasteiger partial charge >= 0.3 is 12.1 Å². The number of amides is 1. The number of methoxy groups -OCH3 is 1. The van der Waals surface area contributed by atoms with E-state index in [1.807, 2.05) is 20.8 Å². The van der Waals surface area contributed by atoms with E-state index in [-0.39, 0.29) is 16.8 Å². The Morgan fingerprint density at radius 2 is 1.83 bits per heavy atom. The number of ether oxygens (including phenoxy) is 3. The van der Waals surface area contributed by atoms with Crippen molar-refractivity contribution in [2.24, 2.45) is 0 Å². The van der Waals surface area contributed by atoms with Gasteiger partial charge in [0.2, 0.25) is 0 Å². The Bertz CT molecular complexity index is 859. The number of hydrogen-bond donors (Lipinski definition) is 0. The van der Waals surface area contributed by atoms with Gasteiger partial charge in [-0.2, -0.15) is 0 Å². The number of nitrogens with zero attached hydrogens (tertiary/aromatic N) is 3. The van der Waals surface area contributed by atoms with Crippen LogP contribution < -0.4 is 4.90 Å². The molecule has 1 fully saturated rings. The molecule has 11 heteroatoms. The van der Waals surface area contributed by atoms with Crippen molar-refractivity contribution in [2.45, 2.75) is 84.2 Å². The molecule has 1 saturated heterocycles. The molecule has 0 bridgehead atoms. The van der Waals surface area contributed by atoms with Crippen LogP contribution in [0.5, 0.6) is 0 Å². The van der Waals surface area contributed by atoms with Crippen LogP contribution in [0.1, 0.15) is 64.9 Å². The zero-order valence-corrected chi connectivity index (χ0v) is 25.3. The second kappa shape index (κ2) is 12.8. The molecule has 2 rings (SSSR count). The van der Waals surface area contributed by atoms with Gasteiger partial charge in [0.25, 0.3) is 0 Å². The third kappa shape index (κ3) is 9.40.